The number of aryl methyl sites for hydroxylation is 1. The van der Waals surface area contributed by atoms with Crippen molar-refractivity contribution in [3.05, 3.63) is 29.6 Å². The predicted molar refractivity (Wildman–Crippen MR) is 47.0 cm³/mol. The number of aromatic nitrogens is 1. The lowest BCUT2D eigenvalue weighted by molar-refractivity contribution is 0.0980. The van der Waals surface area contributed by atoms with Crippen LogP contribution >= 0.6 is 0 Å². The molecule has 1 aromatic rings. The molecule has 1 aromatic heterocycles. The minimum atomic E-state index is 0.0116. The molecule has 0 aliphatic carbocycles. The maximum Gasteiger partial charge on any atom is 0.182 e. The van der Waals surface area contributed by atoms with Gasteiger partial charge in [0.2, 0.25) is 0 Å². The average Bonchev–Trinajstić information content (AvgIpc) is 2.06. The second kappa shape index (κ2) is 3.97. The van der Waals surface area contributed by atoms with Crippen LogP contribution in [-0.4, -0.2) is 17.3 Å². The Bertz CT molecular complexity index is 266. The Kier molecular flexibility index (Phi) is 2.94. The zero-order chi connectivity index (χ0) is 8.97. The fourth-order valence-corrected chi connectivity index (χ4v) is 0.892. The topological polar surface area (TPSA) is 56.0 Å². The quantitative estimate of drug-likeness (QED) is 0.676. The molecule has 3 nitrogen and oxygen atoms in total. The fourth-order valence-electron chi connectivity index (χ4n) is 0.892. The first-order valence-electron chi connectivity index (χ1n) is 3.90. The number of nitrogens with two attached hydrogens (primary N) is 1. The molecule has 0 saturated carbocycles. The lowest BCUT2D eigenvalue weighted by Gasteiger charge is -1.97. The maximum absolute atomic E-state index is 11.2. The van der Waals surface area contributed by atoms with Crippen LogP contribution in [-0.2, 0) is 0 Å². The van der Waals surface area contributed by atoms with E-state index in [0.717, 1.165) is 5.56 Å². The van der Waals surface area contributed by atoms with Crippen molar-refractivity contribution in [2.24, 2.45) is 5.73 Å². The number of carbonyl (C=O) groups is 1. The second-order valence-electron chi connectivity index (χ2n) is 2.68. The van der Waals surface area contributed by atoms with Gasteiger partial charge in [-0.15, -0.1) is 0 Å². The molecule has 0 aliphatic rings. The van der Waals surface area contributed by atoms with Gasteiger partial charge >= 0.3 is 0 Å². The molecule has 0 atom stereocenters. The molecule has 0 aliphatic heterocycles. The molecule has 0 saturated heterocycles. The number of rotatable bonds is 3. The minimum Gasteiger partial charge on any atom is -0.330 e. The van der Waals surface area contributed by atoms with Gasteiger partial charge in [0, 0.05) is 12.6 Å². The monoisotopic (exact) mass is 164 g/mol. The molecular weight excluding hydrogens is 152 g/mol. The van der Waals surface area contributed by atoms with Crippen molar-refractivity contribution >= 4 is 5.78 Å². The molecule has 0 spiro atoms. The Morgan fingerprint density at radius 1 is 1.58 bits per heavy atom. The summed E-state index contributed by atoms with van der Waals surface area (Å²) in [5.41, 5.74) is 6.81. The van der Waals surface area contributed by atoms with E-state index in [2.05, 4.69) is 4.98 Å². The van der Waals surface area contributed by atoms with E-state index in [1.54, 1.807) is 12.3 Å². The second-order valence-corrected chi connectivity index (χ2v) is 2.68. The van der Waals surface area contributed by atoms with E-state index in [1.807, 2.05) is 13.0 Å². The van der Waals surface area contributed by atoms with Gasteiger partial charge in [0.05, 0.1) is 0 Å². The zero-order valence-corrected chi connectivity index (χ0v) is 7.08. The molecule has 1 rings (SSSR count). The molecule has 0 aromatic carbocycles. The summed E-state index contributed by atoms with van der Waals surface area (Å²) < 4.78 is 0. The summed E-state index contributed by atoms with van der Waals surface area (Å²) in [7, 11) is 0. The smallest absolute Gasteiger partial charge is 0.182 e. The van der Waals surface area contributed by atoms with Gasteiger partial charge in [0.1, 0.15) is 5.69 Å². The molecule has 0 radical (unpaired) electrons. The minimum absolute atomic E-state index is 0.0116. The number of hydrogen-bond donors (Lipinski definition) is 1. The Labute approximate surface area is 71.6 Å². The molecule has 0 bridgehead atoms. The van der Waals surface area contributed by atoms with Gasteiger partial charge in [-0.25, -0.2) is 0 Å². The van der Waals surface area contributed by atoms with E-state index >= 15 is 0 Å². The number of Topliss-reactive ketones (excluding diaryl/α,β-unsaturated/α-hetero) is 1. The van der Waals surface area contributed by atoms with Crippen LogP contribution in [0.2, 0.25) is 0 Å². The lowest BCUT2D eigenvalue weighted by Crippen LogP contribution is -2.09. The maximum atomic E-state index is 11.2. The molecule has 3 heteroatoms. The van der Waals surface area contributed by atoms with E-state index < -0.39 is 0 Å². The van der Waals surface area contributed by atoms with Gasteiger partial charge in [-0.05, 0) is 25.1 Å². The van der Waals surface area contributed by atoms with Crippen LogP contribution in [0.15, 0.2) is 18.3 Å². The molecule has 0 unspecified atom stereocenters. The number of pyridine rings is 1. The third-order valence-corrected chi connectivity index (χ3v) is 1.57. The van der Waals surface area contributed by atoms with Crippen LogP contribution in [0.3, 0.4) is 0 Å². The van der Waals surface area contributed by atoms with E-state index in [4.69, 9.17) is 5.73 Å². The molecule has 1 heterocycles. The van der Waals surface area contributed by atoms with Crippen LogP contribution < -0.4 is 5.73 Å². The lowest BCUT2D eigenvalue weighted by atomic mass is 10.2. The van der Waals surface area contributed by atoms with Gasteiger partial charge in [-0.3, -0.25) is 9.78 Å². The van der Waals surface area contributed by atoms with Crippen molar-refractivity contribution in [3.63, 3.8) is 0 Å². The highest BCUT2D eigenvalue weighted by Gasteiger charge is 2.04. The van der Waals surface area contributed by atoms with Gasteiger partial charge in [-0.2, -0.15) is 0 Å². The third kappa shape index (κ3) is 2.13. The van der Waals surface area contributed by atoms with Crippen LogP contribution in [0.1, 0.15) is 22.5 Å². The standard InChI is InChI=1S/C9H12N2O/c1-7-2-3-8(11-6-7)9(12)4-5-10/h2-3,6H,4-5,10H2,1H3. The first-order valence-corrected chi connectivity index (χ1v) is 3.90. The Morgan fingerprint density at radius 2 is 2.33 bits per heavy atom. The van der Waals surface area contributed by atoms with Crippen molar-refractivity contribution in [2.45, 2.75) is 13.3 Å². The van der Waals surface area contributed by atoms with E-state index in [1.165, 1.54) is 0 Å². The SMILES string of the molecule is Cc1ccc(C(=O)CCN)nc1. The molecule has 2 N–H and O–H groups in total. The van der Waals surface area contributed by atoms with Gasteiger partial charge in [0.15, 0.2) is 5.78 Å². The number of nitrogens with zero attached hydrogens (tertiary/aromatic N) is 1. The van der Waals surface area contributed by atoms with Gasteiger partial charge in [-0.1, -0.05) is 6.07 Å². The van der Waals surface area contributed by atoms with Crippen molar-refractivity contribution in [1.29, 1.82) is 0 Å². The zero-order valence-electron chi connectivity index (χ0n) is 7.08. The Hall–Kier alpha value is -1.22. The van der Waals surface area contributed by atoms with Crippen LogP contribution in [0, 0.1) is 6.92 Å². The Balaban J connectivity index is 2.75. The van der Waals surface area contributed by atoms with Crippen molar-refractivity contribution in [1.82, 2.24) is 4.98 Å². The first-order chi connectivity index (χ1) is 5.74. The highest BCUT2D eigenvalue weighted by molar-refractivity contribution is 5.94. The Morgan fingerprint density at radius 3 is 2.83 bits per heavy atom. The molecular formula is C9H12N2O. The largest absolute Gasteiger partial charge is 0.330 e. The third-order valence-electron chi connectivity index (χ3n) is 1.57. The van der Waals surface area contributed by atoms with Gasteiger partial charge in [0.25, 0.3) is 0 Å². The van der Waals surface area contributed by atoms with Crippen LogP contribution in [0.25, 0.3) is 0 Å². The fraction of sp³-hybridized carbons (Fsp3) is 0.333. The van der Waals surface area contributed by atoms with Crippen molar-refractivity contribution in [3.8, 4) is 0 Å². The molecule has 0 amide bonds. The van der Waals surface area contributed by atoms with E-state index in [0.29, 0.717) is 18.7 Å². The van der Waals surface area contributed by atoms with Crippen molar-refractivity contribution < 1.29 is 4.79 Å². The highest BCUT2D eigenvalue weighted by Crippen LogP contribution is 2.00. The normalized spacial score (nSPS) is 9.83. The van der Waals surface area contributed by atoms with E-state index in [-0.39, 0.29) is 5.78 Å². The van der Waals surface area contributed by atoms with Crippen molar-refractivity contribution in [2.75, 3.05) is 6.54 Å². The summed E-state index contributed by atoms with van der Waals surface area (Å²) in [4.78, 5) is 15.2. The number of hydrogen-bond acceptors (Lipinski definition) is 3. The van der Waals surface area contributed by atoms with E-state index in [9.17, 15) is 4.79 Å². The summed E-state index contributed by atoms with van der Waals surface area (Å²) in [6, 6.07) is 3.60. The summed E-state index contributed by atoms with van der Waals surface area (Å²) in [6.45, 7) is 2.32. The van der Waals surface area contributed by atoms with Gasteiger partial charge < -0.3 is 5.73 Å². The highest BCUT2D eigenvalue weighted by atomic mass is 16.1. The first kappa shape index (κ1) is 8.87. The summed E-state index contributed by atoms with van der Waals surface area (Å²) >= 11 is 0. The summed E-state index contributed by atoms with van der Waals surface area (Å²) in [5.74, 6) is 0.0116. The van der Waals surface area contributed by atoms with Crippen LogP contribution in [0.4, 0.5) is 0 Å². The molecule has 64 valence electrons. The summed E-state index contributed by atoms with van der Waals surface area (Å²) in [5, 5.41) is 0. The number of ketones is 1. The predicted octanol–water partition coefficient (Wildman–Crippen LogP) is 0.922. The molecule has 0 fully saturated rings. The van der Waals surface area contributed by atoms with Crippen LogP contribution in [0.5, 0.6) is 0 Å². The average molecular weight is 164 g/mol. The number of carbonyl (C=O) groups excluding carboxylic acids is 1. The summed E-state index contributed by atoms with van der Waals surface area (Å²) in [6.07, 6.45) is 2.06. The molecule has 12 heavy (non-hydrogen) atoms.